The Bertz CT molecular complexity index is 704. The number of likely N-dealkylation sites (N-methyl/N-ethyl adjacent to an activating group) is 1. The van der Waals surface area contributed by atoms with Gasteiger partial charge in [-0.05, 0) is 19.2 Å². The van der Waals surface area contributed by atoms with Gasteiger partial charge in [0, 0.05) is 45.2 Å². The number of hydrogen-bond donors (Lipinski definition) is 0. The van der Waals surface area contributed by atoms with Gasteiger partial charge in [-0.15, -0.1) is 0 Å². The highest BCUT2D eigenvalue weighted by atomic mass is 32.2. The third-order valence-corrected chi connectivity index (χ3v) is 5.14. The van der Waals surface area contributed by atoms with Crippen molar-refractivity contribution in [1.29, 1.82) is 0 Å². The number of carbonyl (C=O) groups excluding carboxylic acids is 1. The van der Waals surface area contributed by atoms with E-state index in [0.717, 1.165) is 35.8 Å². The number of hydrogen-bond acceptors (Lipinski definition) is 4. The number of amides is 1. The number of halogens is 2. The van der Waals surface area contributed by atoms with E-state index < -0.39 is 21.7 Å². The van der Waals surface area contributed by atoms with Crippen LogP contribution in [0.3, 0.4) is 0 Å². The van der Waals surface area contributed by atoms with E-state index in [1.807, 2.05) is 7.05 Å². The second-order valence-corrected chi connectivity index (χ2v) is 7.77. The summed E-state index contributed by atoms with van der Waals surface area (Å²) in [6.45, 7) is 2.49. The number of sulfonamides is 1. The van der Waals surface area contributed by atoms with Crippen LogP contribution in [0, 0.1) is 11.6 Å². The summed E-state index contributed by atoms with van der Waals surface area (Å²) in [5.41, 5.74) is -0.259. The summed E-state index contributed by atoms with van der Waals surface area (Å²) in [4.78, 5) is 16.0. The average Bonchev–Trinajstić information content (AvgIpc) is 2.48. The Morgan fingerprint density at radius 3 is 2.38 bits per heavy atom. The molecule has 0 atom stereocenters. The van der Waals surface area contributed by atoms with Gasteiger partial charge in [0.2, 0.25) is 15.9 Å². The lowest BCUT2D eigenvalue weighted by Gasteiger charge is -2.33. The number of rotatable bonds is 5. The fourth-order valence-electron chi connectivity index (χ4n) is 2.56. The maximum Gasteiger partial charge on any atom is 0.232 e. The highest BCUT2D eigenvalue weighted by molar-refractivity contribution is 7.92. The first-order valence-corrected chi connectivity index (χ1v) is 9.42. The lowest BCUT2D eigenvalue weighted by molar-refractivity contribution is -0.132. The van der Waals surface area contributed by atoms with Crippen molar-refractivity contribution in [3.63, 3.8) is 0 Å². The van der Waals surface area contributed by atoms with Crippen LogP contribution in [0.4, 0.5) is 14.5 Å². The van der Waals surface area contributed by atoms with E-state index >= 15 is 0 Å². The van der Waals surface area contributed by atoms with Gasteiger partial charge in [-0.2, -0.15) is 0 Å². The van der Waals surface area contributed by atoms with Crippen LogP contribution in [0.5, 0.6) is 0 Å². The molecule has 1 heterocycles. The molecule has 0 spiro atoms. The van der Waals surface area contributed by atoms with E-state index in [1.54, 1.807) is 4.90 Å². The molecule has 1 aromatic rings. The second kappa shape index (κ2) is 7.43. The van der Waals surface area contributed by atoms with Gasteiger partial charge in [0.1, 0.15) is 11.6 Å². The van der Waals surface area contributed by atoms with Crippen LogP contribution in [-0.2, 0) is 14.8 Å². The van der Waals surface area contributed by atoms with Crippen molar-refractivity contribution in [2.24, 2.45) is 0 Å². The Morgan fingerprint density at radius 1 is 1.21 bits per heavy atom. The molecule has 0 radical (unpaired) electrons. The largest absolute Gasteiger partial charge is 0.340 e. The van der Waals surface area contributed by atoms with E-state index in [2.05, 4.69) is 4.90 Å². The van der Waals surface area contributed by atoms with Gasteiger partial charge in [-0.25, -0.2) is 17.2 Å². The summed E-state index contributed by atoms with van der Waals surface area (Å²) in [5.74, 6) is -1.95. The summed E-state index contributed by atoms with van der Waals surface area (Å²) in [6, 6.07) is 2.67. The van der Waals surface area contributed by atoms with Gasteiger partial charge in [0.05, 0.1) is 11.9 Å². The molecule has 1 amide bonds. The highest BCUT2D eigenvalue weighted by Crippen LogP contribution is 2.23. The van der Waals surface area contributed by atoms with E-state index in [0.29, 0.717) is 19.2 Å². The van der Waals surface area contributed by atoms with E-state index in [9.17, 15) is 22.0 Å². The Balaban J connectivity index is 2.09. The predicted molar refractivity (Wildman–Crippen MR) is 87.2 cm³/mol. The van der Waals surface area contributed by atoms with Crippen LogP contribution in [-0.4, -0.2) is 70.2 Å². The molecule has 2 rings (SSSR count). The van der Waals surface area contributed by atoms with Gasteiger partial charge in [0.15, 0.2) is 0 Å². The number of anilines is 1. The van der Waals surface area contributed by atoms with E-state index in [1.165, 1.54) is 0 Å². The molecule has 0 unspecified atom stereocenters. The molecule has 0 saturated carbocycles. The fourth-order valence-corrected chi connectivity index (χ4v) is 3.49. The number of nitrogens with zero attached hydrogens (tertiary/aromatic N) is 3. The molecule has 1 aliphatic rings. The van der Waals surface area contributed by atoms with Crippen LogP contribution in [0.1, 0.15) is 6.42 Å². The maximum absolute atomic E-state index is 13.9. The molecular formula is C15H21F2N3O3S. The quantitative estimate of drug-likeness (QED) is 0.782. The van der Waals surface area contributed by atoms with E-state index in [-0.39, 0.29) is 24.6 Å². The molecule has 0 aliphatic carbocycles. The van der Waals surface area contributed by atoms with Crippen LogP contribution in [0.25, 0.3) is 0 Å². The molecular weight excluding hydrogens is 340 g/mol. The number of benzene rings is 1. The molecule has 1 saturated heterocycles. The first-order chi connectivity index (χ1) is 11.2. The van der Waals surface area contributed by atoms with Crippen molar-refractivity contribution in [2.45, 2.75) is 6.42 Å². The van der Waals surface area contributed by atoms with Crippen LogP contribution >= 0.6 is 0 Å². The number of carbonyl (C=O) groups is 1. The zero-order chi connectivity index (χ0) is 17.9. The highest BCUT2D eigenvalue weighted by Gasteiger charge is 2.24. The molecule has 1 aromatic carbocycles. The third kappa shape index (κ3) is 4.64. The molecule has 0 bridgehead atoms. The summed E-state index contributed by atoms with van der Waals surface area (Å²) < 4.78 is 51.6. The van der Waals surface area contributed by atoms with E-state index in [4.69, 9.17) is 0 Å². The summed E-state index contributed by atoms with van der Waals surface area (Å²) >= 11 is 0. The summed E-state index contributed by atoms with van der Waals surface area (Å²) in [5, 5.41) is 0. The lowest BCUT2D eigenvalue weighted by Crippen LogP contribution is -2.48. The first-order valence-electron chi connectivity index (χ1n) is 7.57. The van der Waals surface area contributed by atoms with Crippen molar-refractivity contribution in [1.82, 2.24) is 9.80 Å². The molecule has 134 valence electrons. The van der Waals surface area contributed by atoms with Crippen molar-refractivity contribution in [2.75, 3.05) is 50.3 Å². The van der Waals surface area contributed by atoms with Crippen LogP contribution in [0.2, 0.25) is 0 Å². The molecule has 1 aliphatic heterocycles. The summed E-state index contributed by atoms with van der Waals surface area (Å²) in [7, 11) is -1.83. The van der Waals surface area contributed by atoms with Crippen molar-refractivity contribution in [3.8, 4) is 0 Å². The normalized spacial score (nSPS) is 16.2. The first kappa shape index (κ1) is 18.6. The zero-order valence-corrected chi connectivity index (χ0v) is 14.5. The average molecular weight is 361 g/mol. The zero-order valence-electron chi connectivity index (χ0n) is 13.7. The molecule has 6 nitrogen and oxygen atoms in total. The van der Waals surface area contributed by atoms with Crippen molar-refractivity contribution in [3.05, 3.63) is 29.8 Å². The minimum atomic E-state index is -3.80. The standard InChI is InChI=1S/C15H21F2N3O3S/c1-18-7-9-19(10-8-18)15(21)5-6-20(24(2,22)23)14-4-3-12(16)11-13(14)17/h3-4,11H,5-10H2,1-2H3. The minimum Gasteiger partial charge on any atom is -0.340 e. The number of piperazine rings is 1. The predicted octanol–water partition coefficient (Wildman–Crippen LogP) is 0.895. The maximum atomic E-state index is 13.9. The Labute approximate surface area is 140 Å². The lowest BCUT2D eigenvalue weighted by atomic mass is 10.2. The molecule has 1 fully saturated rings. The Morgan fingerprint density at radius 2 is 1.83 bits per heavy atom. The van der Waals surface area contributed by atoms with Crippen molar-refractivity contribution >= 4 is 21.6 Å². The topological polar surface area (TPSA) is 60.9 Å². The Hall–Kier alpha value is -1.74. The summed E-state index contributed by atoms with van der Waals surface area (Å²) in [6.07, 6.45) is 0.865. The minimum absolute atomic E-state index is 0.0619. The Kier molecular flexibility index (Phi) is 5.76. The van der Waals surface area contributed by atoms with Gasteiger partial charge in [0.25, 0.3) is 0 Å². The van der Waals surface area contributed by atoms with Gasteiger partial charge in [-0.1, -0.05) is 0 Å². The smallest absolute Gasteiger partial charge is 0.232 e. The van der Waals surface area contributed by atoms with Crippen LogP contribution in [0.15, 0.2) is 18.2 Å². The van der Waals surface area contributed by atoms with Gasteiger partial charge < -0.3 is 9.80 Å². The SMILES string of the molecule is CN1CCN(C(=O)CCN(c2ccc(F)cc2F)S(C)(=O)=O)CC1. The molecule has 24 heavy (non-hydrogen) atoms. The van der Waals surface area contributed by atoms with Crippen LogP contribution < -0.4 is 4.31 Å². The molecule has 0 N–H and O–H groups in total. The molecule has 0 aromatic heterocycles. The van der Waals surface area contributed by atoms with Gasteiger partial charge in [-0.3, -0.25) is 9.10 Å². The van der Waals surface area contributed by atoms with Gasteiger partial charge >= 0.3 is 0 Å². The monoisotopic (exact) mass is 361 g/mol. The molecule has 9 heteroatoms. The fraction of sp³-hybridized carbons (Fsp3) is 0.533. The van der Waals surface area contributed by atoms with Crippen molar-refractivity contribution < 1.29 is 22.0 Å². The second-order valence-electron chi connectivity index (χ2n) is 5.86. The third-order valence-electron chi connectivity index (χ3n) is 3.96.